The molecule has 1 fully saturated rings. The minimum absolute atomic E-state index is 0.404. The molecule has 1 saturated heterocycles. The zero-order valence-electron chi connectivity index (χ0n) is 6.56. The molecule has 0 unspecified atom stereocenters. The van der Waals surface area contributed by atoms with Crippen LogP contribution in [0.15, 0.2) is 30.3 Å². The van der Waals surface area contributed by atoms with Crippen molar-refractivity contribution >= 4 is 5.78 Å². The van der Waals surface area contributed by atoms with Crippen LogP contribution in [-0.4, -0.2) is 11.6 Å². The van der Waals surface area contributed by atoms with E-state index in [0.717, 1.165) is 0 Å². The molecule has 1 heterocycles. The first-order valence-corrected chi connectivity index (χ1v) is 3.66. The van der Waals surface area contributed by atoms with Crippen LogP contribution in [0.1, 0.15) is 10.4 Å². The average Bonchev–Trinajstić information content (AvgIpc) is 2.99. The van der Waals surface area contributed by atoms with Crippen molar-refractivity contribution in [2.75, 3.05) is 0 Å². The fraction of sp³-hybridized carbons (Fsp3) is 0.111. The lowest BCUT2D eigenvalue weighted by Gasteiger charge is -1.96. The van der Waals surface area contributed by atoms with Gasteiger partial charge in [0.2, 0.25) is 5.78 Å². The molecule has 64 valence electrons. The van der Waals surface area contributed by atoms with Gasteiger partial charge < -0.3 is 0 Å². The molecule has 1 aromatic carbocycles. The summed E-state index contributed by atoms with van der Waals surface area (Å²) in [6.07, 6.45) is 0. The first-order chi connectivity index (χ1) is 6.28. The Morgan fingerprint density at radius 2 is 1.92 bits per heavy atom. The maximum absolute atomic E-state index is 11.5. The number of nitrogens with zero attached hydrogens (tertiary/aromatic N) is 1. The van der Waals surface area contributed by atoms with Crippen LogP contribution in [-0.2, 0) is 9.78 Å². The molecular weight excluding hydrogens is 170 g/mol. The Hall–Kier alpha value is -1.70. The van der Waals surface area contributed by atoms with Gasteiger partial charge >= 0.3 is 5.79 Å². The Morgan fingerprint density at radius 3 is 2.38 bits per heavy atom. The molecule has 0 atom stereocenters. The van der Waals surface area contributed by atoms with E-state index in [1.165, 1.54) is 0 Å². The van der Waals surface area contributed by atoms with E-state index in [2.05, 4.69) is 9.78 Å². The number of hydrogen-bond donors (Lipinski definition) is 0. The van der Waals surface area contributed by atoms with Gasteiger partial charge in [-0.3, -0.25) is 4.79 Å². The molecule has 0 saturated carbocycles. The van der Waals surface area contributed by atoms with Crippen LogP contribution in [0.2, 0.25) is 0 Å². The summed E-state index contributed by atoms with van der Waals surface area (Å²) < 4.78 is 0. The van der Waals surface area contributed by atoms with Gasteiger partial charge in [-0.1, -0.05) is 30.3 Å². The highest BCUT2D eigenvalue weighted by Gasteiger charge is 2.57. The van der Waals surface area contributed by atoms with Gasteiger partial charge in [-0.05, 0) is 0 Å². The molecular formula is C9H5NO3. The van der Waals surface area contributed by atoms with Crippen LogP contribution >= 0.6 is 0 Å². The summed E-state index contributed by atoms with van der Waals surface area (Å²) in [5, 5.41) is 8.57. The second-order valence-corrected chi connectivity index (χ2v) is 2.59. The Bertz CT molecular complexity index is 376. The third-order valence-electron chi connectivity index (χ3n) is 1.73. The molecule has 1 aliphatic rings. The SMILES string of the molecule is N#CC1(C(=O)c2ccccc2)OO1. The van der Waals surface area contributed by atoms with Crippen molar-refractivity contribution in [2.24, 2.45) is 0 Å². The fourth-order valence-electron chi connectivity index (χ4n) is 0.985. The Labute approximate surface area is 74.2 Å². The van der Waals surface area contributed by atoms with E-state index in [1.54, 1.807) is 36.4 Å². The van der Waals surface area contributed by atoms with Gasteiger partial charge in [-0.15, -0.1) is 0 Å². The van der Waals surface area contributed by atoms with E-state index in [9.17, 15) is 4.79 Å². The highest BCUT2D eigenvalue weighted by atomic mass is 17.4. The van der Waals surface area contributed by atoms with Crippen molar-refractivity contribution in [3.8, 4) is 6.07 Å². The predicted molar refractivity (Wildman–Crippen MR) is 41.3 cm³/mol. The van der Waals surface area contributed by atoms with Gasteiger partial charge in [0.1, 0.15) is 6.07 Å². The van der Waals surface area contributed by atoms with Crippen molar-refractivity contribution < 1.29 is 14.6 Å². The van der Waals surface area contributed by atoms with Crippen molar-refractivity contribution in [2.45, 2.75) is 5.79 Å². The lowest BCUT2D eigenvalue weighted by atomic mass is 10.1. The van der Waals surface area contributed by atoms with E-state index in [1.807, 2.05) is 0 Å². The number of ketones is 1. The van der Waals surface area contributed by atoms with E-state index >= 15 is 0 Å². The summed E-state index contributed by atoms with van der Waals surface area (Å²) in [6.45, 7) is 0. The molecule has 4 heteroatoms. The monoisotopic (exact) mass is 175 g/mol. The number of rotatable bonds is 2. The Morgan fingerprint density at radius 1 is 1.31 bits per heavy atom. The minimum Gasteiger partial charge on any atom is -0.287 e. The third-order valence-corrected chi connectivity index (χ3v) is 1.73. The maximum atomic E-state index is 11.5. The van der Waals surface area contributed by atoms with Crippen LogP contribution < -0.4 is 0 Å². The third kappa shape index (κ3) is 1.20. The van der Waals surface area contributed by atoms with Crippen molar-refractivity contribution in [3.63, 3.8) is 0 Å². The van der Waals surface area contributed by atoms with Crippen LogP contribution in [0.4, 0.5) is 0 Å². The van der Waals surface area contributed by atoms with Crippen molar-refractivity contribution in [3.05, 3.63) is 35.9 Å². The standard InChI is InChI=1S/C9H5NO3/c10-6-9(12-13-9)8(11)7-4-2-1-3-5-7/h1-5H. The molecule has 13 heavy (non-hydrogen) atoms. The summed E-state index contributed by atoms with van der Waals surface area (Å²) in [4.78, 5) is 20.2. The van der Waals surface area contributed by atoms with Crippen LogP contribution in [0.25, 0.3) is 0 Å². The summed E-state index contributed by atoms with van der Waals surface area (Å²) in [7, 11) is 0. The second-order valence-electron chi connectivity index (χ2n) is 2.59. The first kappa shape index (κ1) is 7.92. The minimum atomic E-state index is -1.68. The molecule has 1 aromatic rings. The molecule has 1 aliphatic heterocycles. The summed E-state index contributed by atoms with van der Waals surface area (Å²) in [6, 6.07) is 10.1. The highest BCUT2D eigenvalue weighted by molar-refractivity contribution is 6.04. The van der Waals surface area contributed by atoms with E-state index in [0.29, 0.717) is 5.56 Å². The first-order valence-electron chi connectivity index (χ1n) is 3.66. The van der Waals surface area contributed by atoms with E-state index in [4.69, 9.17) is 5.26 Å². The summed E-state index contributed by atoms with van der Waals surface area (Å²) >= 11 is 0. The van der Waals surface area contributed by atoms with Gasteiger partial charge in [0.05, 0.1) is 0 Å². The van der Waals surface area contributed by atoms with Gasteiger partial charge in [-0.2, -0.15) is 15.0 Å². The molecule has 0 aromatic heterocycles. The van der Waals surface area contributed by atoms with Gasteiger partial charge in [-0.25, -0.2) is 0 Å². The summed E-state index contributed by atoms with van der Waals surface area (Å²) in [5.41, 5.74) is 0.404. The maximum Gasteiger partial charge on any atom is 0.379 e. The van der Waals surface area contributed by atoms with Gasteiger partial charge in [0.15, 0.2) is 0 Å². The predicted octanol–water partition coefficient (Wildman–Crippen LogP) is 1.05. The Kier molecular flexibility index (Phi) is 1.62. The molecule has 0 aliphatic carbocycles. The highest BCUT2D eigenvalue weighted by Crippen LogP contribution is 2.32. The number of nitriles is 1. The number of Topliss-reactive ketones (excluding diaryl/α,β-unsaturated/α-hetero) is 1. The lowest BCUT2D eigenvalue weighted by molar-refractivity contribution is 0.0850. The largest absolute Gasteiger partial charge is 0.379 e. The quantitative estimate of drug-likeness (QED) is 0.383. The van der Waals surface area contributed by atoms with Crippen molar-refractivity contribution in [1.82, 2.24) is 0 Å². The number of hydrogen-bond acceptors (Lipinski definition) is 4. The topological polar surface area (TPSA) is 65.9 Å². The Balaban J connectivity index is 2.30. The van der Waals surface area contributed by atoms with Crippen LogP contribution in [0.5, 0.6) is 0 Å². The second kappa shape index (κ2) is 2.66. The molecule has 4 nitrogen and oxygen atoms in total. The fourth-order valence-corrected chi connectivity index (χ4v) is 0.985. The van der Waals surface area contributed by atoms with Crippen LogP contribution in [0, 0.1) is 11.3 Å². The summed E-state index contributed by atoms with van der Waals surface area (Å²) in [5.74, 6) is -2.14. The molecule has 0 amide bonds. The molecule has 0 N–H and O–H groups in total. The number of carbonyl (C=O) groups is 1. The average molecular weight is 175 g/mol. The van der Waals surface area contributed by atoms with E-state index in [-0.39, 0.29) is 0 Å². The number of carbonyl (C=O) groups excluding carboxylic acids is 1. The van der Waals surface area contributed by atoms with E-state index < -0.39 is 11.6 Å². The normalized spacial score (nSPS) is 17.5. The van der Waals surface area contributed by atoms with Gasteiger partial charge in [0, 0.05) is 5.56 Å². The smallest absolute Gasteiger partial charge is 0.287 e. The zero-order chi connectivity index (χ0) is 9.31. The molecule has 0 spiro atoms. The van der Waals surface area contributed by atoms with Crippen molar-refractivity contribution in [1.29, 1.82) is 5.26 Å². The molecule has 2 rings (SSSR count). The lowest BCUT2D eigenvalue weighted by Crippen LogP contribution is -2.21. The molecule has 0 radical (unpaired) electrons. The zero-order valence-corrected chi connectivity index (χ0v) is 6.56. The van der Waals surface area contributed by atoms with Gasteiger partial charge in [0.25, 0.3) is 0 Å². The molecule has 0 bridgehead atoms. The number of benzene rings is 1. The van der Waals surface area contributed by atoms with Crippen LogP contribution in [0.3, 0.4) is 0 Å².